The Morgan fingerprint density at radius 2 is 1.93 bits per heavy atom. The van der Waals surface area contributed by atoms with Gasteiger partial charge < -0.3 is 14.7 Å². The molecule has 0 saturated heterocycles. The van der Waals surface area contributed by atoms with Crippen molar-refractivity contribution < 1.29 is 14.1 Å². The molecule has 0 atom stereocenters. The van der Waals surface area contributed by atoms with E-state index in [1.807, 2.05) is 13.8 Å². The molecular formula is C22H27Cl2N3O3. The first-order chi connectivity index (χ1) is 14.3. The van der Waals surface area contributed by atoms with Crippen LogP contribution in [0.1, 0.15) is 72.6 Å². The molecule has 0 bridgehead atoms. The average Bonchev–Trinajstić information content (AvgIpc) is 3.19. The first-order valence-corrected chi connectivity index (χ1v) is 11.1. The van der Waals surface area contributed by atoms with E-state index in [0.717, 1.165) is 25.7 Å². The van der Waals surface area contributed by atoms with Crippen molar-refractivity contribution in [1.82, 2.24) is 15.4 Å². The summed E-state index contributed by atoms with van der Waals surface area (Å²) in [7, 11) is 0. The van der Waals surface area contributed by atoms with E-state index in [1.54, 1.807) is 29.2 Å². The third-order valence-electron chi connectivity index (χ3n) is 5.23. The standard InChI is InChI=1S/C22H27Cl2N3O3/c1-14(2)12-25-21(28)20-11-17(30-26-20)13-27(16-6-4-3-5-7-16)22(29)18-9-8-15(23)10-19(18)24/h8-11,14,16H,3-7,12-13H2,1-2H3,(H,25,28). The van der Waals surface area contributed by atoms with Gasteiger partial charge in [-0.05, 0) is 37.0 Å². The number of rotatable bonds is 7. The molecule has 1 saturated carbocycles. The van der Waals surface area contributed by atoms with Gasteiger partial charge in [-0.2, -0.15) is 0 Å². The third-order valence-corrected chi connectivity index (χ3v) is 5.77. The van der Waals surface area contributed by atoms with Gasteiger partial charge in [-0.25, -0.2) is 0 Å². The number of halogens is 2. The van der Waals surface area contributed by atoms with E-state index in [1.165, 1.54) is 6.42 Å². The van der Waals surface area contributed by atoms with Crippen molar-refractivity contribution in [2.45, 2.75) is 58.5 Å². The van der Waals surface area contributed by atoms with Crippen LogP contribution in [0, 0.1) is 5.92 Å². The molecule has 1 aliphatic carbocycles. The van der Waals surface area contributed by atoms with Crippen LogP contribution in [0.2, 0.25) is 10.0 Å². The van der Waals surface area contributed by atoms with E-state index in [9.17, 15) is 9.59 Å². The van der Waals surface area contributed by atoms with Gasteiger partial charge in [-0.15, -0.1) is 0 Å². The lowest BCUT2D eigenvalue weighted by molar-refractivity contribution is 0.0590. The second-order valence-corrected chi connectivity index (χ2v) is 8.98. The minimum Gasteiger partial charge on any atom is -0.359 e. The fourth-order valence-electron chi connectivity index (χ4n) is 3.63. The highest BCUT2D eigenvalue weighted by Crippen LogP contribution is 2.29. The zero-order valence-electron chi connectivity index (χ0n) is 17.3. The summed E-state index contributed by atoms with van der Waals surface area (Å²) < 4.78 is 5.39. The maximum Gasteiger partial charge on any atom is 0.273 e. The van der Waals surface area contributed by atoms with Gasteiger partial charge in [-0.3, -0.25) is 9.59 Å². The van der Waals surface area contributed by atoms with Gasteiger partial charge in [0, 0.05) is 23.7 Å². The summed E-state index contributed by atoms with van der Waals surface area (Å²) in [4.78, 5) is 27.4. The average molecular weight is 452 g/mol. The van der Waals surface area contributed by atoms with Crippen LogP contribution in [-0.2, 0) is 6.54 Å². The molecule has 0 unspecified atom stereocenters. The Morgan fingerprint density at radius 3 is 2.60 bits per heavy atom. The third kappa shape index (κ3) is 5.76. The molecule has 8 heteroatoms. The molecule has 1 fully saturated rings. The Bertz CT molecular complexity index is 892. The predicted molar refractivity (Wildman–Crippen MR) is 117 cm³/mol. The van der Waals surface area contributed by atoms with Crippen LogP contribution in [0.4, 0.5) is 0 Å². The smallest absolute Gasteiger partial charge is 0.273 e. The Kier molecular flexibility index (Phi) is 7.78. The Balaban J connectivity index is 1.80. The Morgan fingerprint density at radius 1 is 1.20 bits per heavy atom. The molecule has 1 N–H and O–H groups in total. The lowest BCUT2D eigenvalue weighted by Crippen LogP contribution is -2.41. The highest BCUT2D eigenvalue weighted by molar-refractivity contribution is 6.36. The van der Waals surface area contributed by atoms with Crippen molar-refractivity contribution in [3.05, 3.63) is 51.3 Å². The highest BCUT2D eigenvalue weighted by Gasteiger charge is 2.29. The number of amides is 2. The summed E-state index contributed by atoms with van der Waals surface area (Å²) in [6, 6.07) is 6.56. The van der Waals surface area contributed by atoms with Gasteiger partial charge in [0.25, 0.3) is 11.8 Å². The fraction of sp³-hybridized carbons (Fsp3) is 0.500. The number of aromatic nitrogens is 1. The zero-order chi connectivity index (χ0) is 21.7. The first-order valence-electron chi connectivity index (χ1n) is 10.3. The van der Waals surface area contributed by atoms with Gasteiger partial charge in [0.1, 0.15) is 0 Å². The number of nitrogens with zero attached hydrogens (tertiary/aromatic N) is 2. The largest absolute Gasteiger partial charge is 0.359 e. The summed E-state index contributed by atoms with van der Waals surface area (Å²) in [6.07, 6.45) is 5.16. The molecule has 2 aromatic rings. The Hall–Kier alpha value is -2.05. The summed E-state index contributed by atoms with van der Waals surface area (Å²) in [6.45, 7) is 4.82. The number of hydrogen-bond donors (Lipinski definition) is 1. The maximum atomic E-state index is 13.4. The van der Waals surface area contributed by atoms with Crippen molar-refractivity contribution in [3.63, 3.8) is 0 Å². The van der Waals surface area contributed by atoms with E-state index in [-0.39, 0.29) is 30.1 Å². The number of nitrogens with one attached hydrogen (secondary N) is 1. The van der Waals surface area contributed by atoms with Gasteiger partial charge in [0.2, 0.25) is 0 Å². The molecular weight excluding hydrogens is 425 g/mol. The topological polar surface area (TPSA) is 75.4 Å². The highest BCUT2D eigenvalue weighted by atomic mass is 35.5. The van der Waals surface area contributed by atoms with E-state index in [0.29, 0.717) is 33.8 Å². The molecule has 2 amide bonds. The van der Waals surface area contributed by atoms with Crippen LogP contribution in [0.25, 0.3) is 0 Å². The van der Waals surface area contributed by atoms with Crippen molar-refractivity contribution in [2.24, 2.45) is 5.92 Å². The van der Waals surface area contributed by atoms with Crippen molar-refractivity contribution in [3.8, 4) is 0 Å². The zero-order valence-corrected chi connectivity index (χ0v) is 18.8. The molecule has 1 heterocycles. The van der Waals surface area contributed by atoms with Crippen molar-refractivity contribution in [1.29, 1.82) is 0 Å². The maximum absolute atomic E-state index is 13.4. The lowest BCUT2D eigenvalue weighted by atomic mass is 9.93. The normalized spacial score (nSPS) is 14.7. The van der Waals surface area contributed by atoms with E-state index in [4.69, 9.17) is 27.7 Å². The van der Waals surface area contributed by atoms with Gasteiger partial charge >= 0.3 is 0 Å². The van der Waals surface area contributed by atoms with Crippen molar-refractivity contribution in [2.75, 3.05) is 6.54 Å². The molecule has 1 aromatic heterocycles. The minimum absolute atomic E-state index is 0.0845. The second-order valence-electron chi connectivity index (χ2n) is 8.13. The summed E-state index contributed by atoms with van der Waals surface area (Å²) in [5.41, 5.74) is 0.618. The molecule has 6 nitrogen and oxygen atoms in total. The molecule has 1 aliphatic rings. The number of carbonyl (C=O) groups excluding carboxylic acids is 2. The lowest BCUT2D eigenvalue weighted by Gasteiger charge is -2.34. The second kappa shape index (κ2) is 10.3. The van der Waals surface area contributed by atoms with Crippen LogP contribution < -0.4 is 5.32 Å². The fourth-order valence-corrected chi connectivity index (χ4v) is 4.12. The molecule has 0 spiro atoms. The van der Waals surface area contributed by atoms with Crippen molar-refractivity contribution >= 4 is 35.0 Å². The van der Waals surface area contributed by atoms with Crippen LogP contribution >= 0.6 is 23.2 Å². The monoisotopic (exact) mass is 451 g/mol. The number of hydrogen-bond acceptors (Lipinski definition) is 4. The van der Waals surface area contributed by atoms with E-state index < -0.39 is 0 Å². The number of benzene rings is 1. The predicted octanol–water partition coefficient (Wildman–Crippen LogP) is 5.34. The van der Waals surface area contributed by atoms with E-state index >= 15 is 0 Å². The first kappa shape index (κ1) is 22.6. The summed E-state index contributed by atoms with van der Waals surface area (Å²) >= 11 is 12.3. The quantitative estimate of drug-likeness (QED) is 0.615. The number of carbonyl (C=O) groups is 2. The van der Waals surface area contributed by atoms with Crippen LogP contribution in [-0.4, -0.2) is 34.5 Å². The van der Waals surface area contributed by atoms with Crippen LogP contribution in [0.15, 0.2) is 28.8 Å². The molecule has 30 heavy (non-hydrogen) atoms. The Labute approximate surface area is 186 Å². The molecule has 1 aromatic carbocycles. The molecule has 0 aliphatic heterocycles. The molecule has 162 valence electrons. The summed E-state index contributed by atoms with van der Waals surface area (Å²) in [5, 5.41) is 7.50. The minimum atomic E-state index is -0.282. The van der Waals surface area contributed by atoms with Crippen LogP contribution in [0.3, 0.4) is 0 Å². The SMILES string of the molecule is CC(C)CNC(=O)c1cc(CN(C(=O)c2ccc(Cl)cc2Cl)C2CCCCC2)on1. The van der Waals surface area contributed by atoms with Gasteiger partial charge in [0.15, 0.2) is 11.5 Å². The molecule has 3 rings (SSSR count). The van der Waals surface area contributed by atoms with E-state index in [2.05, 4.69) is 10.5 Å². The van der Waals surface area contributed by atoms with Crippen LogP contribution in [0.5, 0.6) is 0 Å². The van der Waals surface area contributed by atoms with Gasteiger partial charge in [0.05, 0.1) is 17.1 Å². The summed E-state index contributed by atoms with van der Waals surface area (Å²) in [5.74, 6) is 0.346. The van der Waals surface area contributed by atoms with Gasteiger partial charge in [-0.1, -0.05) is 61.5 Å². The molecule has 0 radical (unpaired) electrons.